The minimum atomic E-state index is -0.0102. The fraction of sp³-hybridized carbons (Fsp3) is 0.235. The Labute approximate surface area is 144 Å². The van der Waals surface area contributed by atoms with Crippen LogP contribution in [0.3, 0.4) is 0 Å². The monoisotopic (exact) mass is 342 g/mol. The molecule has 0 radical (unpaired) electrons. The van der Waals surface area contributed by atoms with Crippen molar-refractivity contribution in [1.29, 1.82) is 0 Å². The maximum absolute atomic E-state index is 11.9. The van der Waals surface area contributed by atoms with Crippen molar-refractivity contribution in [3.05, 3.63) is 48.7 Å². The van der Waals surface area contributed by atoms with E-state index in [-0.39, 0.29) is 5.91 Å². The third kappa shape index (κ3) is 3.68. The van der Waals surface area contributed by atoms with Gasteiger partial charge in [0.1, 0.15) is 0 Å². The second-order valence-corrected chi connectivity index (χ2v) is 6.04. The Bertz CT molecular complexity index is 784. The Morgan fingerprint density at radius 1 is 1.21 bits per heavy atom. The minimum Gasteiger partial charge on any atom is -0.461 e. The molecule has 124 valence electrons. The van der Waals surface area contributed by atoms with Crippen LogP contribution in [-0.4, -0.2) is 33.0 Å². The molecule has 2 aromatic heterocycles. The van der Waals surface area contributed by atoms with Gasteiger partial charge in [0.15, 0.2) is 10.9 Å². The van der Waals surface area contributed by atoms with Gasteiger partial charge in [-0.15, -0.1) is 10.2 Å². The van der Waals surface area contributed by atoms with Gasteiger partial charge >= 0.3 is 0 Å². The molecule has 1 aromatic carbocycles. The van der Waals surface area contributed by atoms with Gasteiger partial charge in [0, 0.05) is 12.2 Å². The van der Waals surface area contributed by atoms with E-state index in [1.807, 2.05) is 54.0 Å². The smallest absolute Gasteiger partial charge is 0.230 e. The molecular weight excluding hydrogens is 324 g/mol. The number of hydrogen-bond acceptors (Lipinski definition) is 5. The zero-order valence-corrected chi connectivity index (χ0v) is 14.1. The first-order chi connectivity index (χ1) is 11.8. The van der Waals surface area contributed by atoms with Crippen LogP contribution in [0.2, 0.25) is 0 Å². The molecule has 0 aliphatic heterocycles. The lowest BCUT2D eigenvalue weighted by Gasteiger charge is -2.09. The average Bonchev–Trinajstić information content (AvgIpc) is 3.27. The molecule has 2 heterocycles. The van der Waals surface area contributed by atoms with Crippen LogP contribution in [0.1, 0.15) is 13.3 Å². The summed E-state index contributed by atoms with van der Waals surface area (Å²) in [7, 11) is 0. The van der Waals surface area contributed by atoms with Gasteiger partial charge in [-0.1, -0.05) is 36.9 Å². The number of carbonyl (C=O) groups excluding carboxylic acids is 1. The number of nitrogens with zero attached hydrogens (tertiary/aromatic N) is 3. The van der Waals surface area contributed by atoms with E-state index in [1.165, 1.54) is 11.8 Å². The van der Waals surface area contributed by atoms with Crippen molar-refractivity contribution in [2.75, 3.05) is 12.3 Å². The van der Waals surface area contributed by atoms with Crippen molar-refractivity contribution in [1.82, 2.24) is 20.1 Å². The number of amides is 1. The summed E-state index contributed by atoms with van der Waals surface area (Å²) in [5, 5.41) is 12.0. The van der Waals surface area contributed by atoms with Gasteiger partial charge < -0.3 is 9.73 Å². The summed E-state index contributed by atoms with van der Waals surface area (Å²) in [5.74, 6) is 1.53. The van der Waals surface area contributed by atoms with Crippen LogP contribution in [0.5, 0.6) is 0 Å². The summed E-state index contributed by atoms with van der Waals surface area (Å²) in [4.78, 5) is 11.9. The maximum atomic E-state index is 11.9. The van der Waals surface area contributed by atoms with Gasteiger partial charge in [-0.2, -0.15) is 0 Å². The SMILES string of the molecule is CCCNC(=O)CSc1nnc(-c2ccco2)n1-c1ccccc1. The number of benzene rings is 1. The normalized spacial score (nSPS) is 10.7. The molecule has 0 unspecified atom stereocenters. The molecular formula is C17H18N4O2S. The van der Waals surface area contributed by atoms with Crippen LogP contribution >= 0.6 is 11.8 Å². The van der Waals surface area contributed by atoms with Gasteiger partial charge in [0.25, 0.3) is 0 Å². The van der Waals surface area contributed by atoms with Crippen molar-refractivity contribution in [2.45, 2.75) is 18.5 Å². The molecule has 24 heavy (non-hydrogen) atoms. The molecule has 0 spiro atoms. The Hall–Kier alpha value is -2.54. The van der Waals surface area contributed by atoms with Crippen LogP contribution in [0.4, 0.5) is 0 Å². The van der Waals surface area contributed by atoms with E-state index in [0.29, 0.717) is 29.0 Å². The van der Waals surface area contributed by atoms with E-state index in [0.717, 1.165) is 12.1 Å². The summed E-state index contributed by atoms with van der Waals surface area (Å²) in [5.41, 5.74) is 0.922. The number of thioether (sulfide) groups is 1. The molecule has 0 atom stereocenters. The van der Waals surface area contributed by atoms with Crippen LogP contribution < -0.4 is 5.32 Å². The molecule has 0 saturated carbocycles. The second kappa shape index (κ2) is 7.83. The number of hydrogen-bond donors (Lipinski definition) is 1. The molecule has 1 N–H and O–H groups in total. The molecule has 0 aliphatic rings. The van der Waals surface area contributed by atoms with Gasteiger partial charge in [-0.25, -0.2) is 0 Å². The molecule has 6 nitrogen and oxygen atoms in total. The predicted octanol–water partition coefficient (Wildman–Crippen LogP) is 3.15. The average molecular weight is 342 g/mol. The first kappa shape index (κ1) is 16.3. The Morgan fingerprint density at radius 2 is 2.04 bits per heavy atom. The molecule has 7 heteroatoms. The number of furan rings is 1. The summed E-state index contributed by atoms with van der Waals surface area (Å²) in [6, 6.07) is 13.4. The molecule has 0 saturated heterocycles. The fourth-order valence-corrected chi connectivity index (χ4v) is 2.97. The van der Waals surface area contributed by atoms with Crippen molar-refractivity contribution >= 4 is 17.7 Å². The predicted molar refractivity (Wildman–Crippen MR) is 93.1 cm³/mol. The molecule has 1 amide bonds. The second-order valence-electron chi connectivity index (χ2n) is 5.09. The number of para-hydroxylation sites is 1. The quantitative estimate of drug-likeness (QED) is 0.668. The molecule has 0 fully saturated rings. The van der Waals surface area contributed by atoms with Crippen LogP contribution in [0, 0.1) is 0 Å². The maximum Gasteiger partial charge on any atom is 0.230 e. The number of rotatable bonds is 7. The van der Waals surface area contributed by atoms with Crippen molar-refractivity contribution < 1.29 is 9.21 Å². The van der Waals surface area contributed by atoms with Gasteiger partial charge in [-0.05, 0) is 30.7 Å². The summed E-state index contributed by atoms with van der Waals surface area (Å²) in [6.07, 6.45) is 2.52. The molecule has 0 aliphatic carbocycles. The Balaban J connectivity index is 1.88. The highest BCUT2D eigenvalue weighted by Gasteiger charge is 2.18. The Kier molecular flexibility index (Phi) is 5.32. The van der Waals surface area contributed by atoms with Gasteiger partial charge in [0.05, 0.1) is 12.0 Å². The van der Waals surface area contributed by atoms with Gasteiger partial charge in [0.2, 0.25) is 11.7 Å². The number of aromatic nitrogens is 3. The molecule has 3 rings (SSSR count). The van der Waals surface area contributed by atoms with E-state index in [2.05, 4.69) is 15.5 Å². The lowest BCUT2D eigenvalue weighted by Crippen LogP contribution is -2.25. The van der Waals surface area contributed by atoms with E-state index in [1.54, 1.807) is 6.26 Å². The van der Waals surface area contributed by atoms with Crippen LogP contribution in [-0.2, 0) is 4.79 Å². The molecule has 3 aromatic rings. The van der Waals surface area contributed by atoms with Crippen molar-refractivity contribution in [2.24, 2.45) is 0 Å². The molecule has 0 bridgehead atoms. The van der Waals surface area contributed by atoms with Crippen molar-refractivity contribution in [3.63, 3.8) is 0 Å². The zero-order valence-electron chi connectivity index (χ0n) is 13.3. The fourth-order valence-electron chi connectivity index (χ4n) is 2.18. The highest BCUT2D eigenvalue weighted by molar-refractivity contribution is 7.99. The third-order valence-corrected chi connectivity index (χ3v) is 4.22. The lowest BCUT2D eigenvalue weighted by atomic mass is 10.3. The largest absolute Gasteiger partial charge is 0.461 e. The highest BCUT2D eigenvalue weighted by Crippen LogP contribution is 2.27. The van der Waals surface area contributed by atoms with E-state index in [9.17, 15) is 4.79 Å². The summed E-state index contributed by atoms with van der Waals surface area (Å²) >= 11 is 1.35. The summed E-state index contributed by atoms with van der Waals surface area (Å²) < 4.78 is 7.36. The zero-order chi connectivity index (χ0) is 16.8. The number of carbonyl (C=O) groups is 1. The topological polar surface area (TPSA) is 73.0 Å². The van der Waals surface area contributed by atoms with Gasteiger partial charge in [-0.3, -0.25) is 9.36 Å². The lowest BCUT2D eigenvalue weighted by molar-refractivity contribution is -0.118. The van der Waals surface area contributed by atoms with E-state index in [4.69, 9.17) is 4.42 Å². The Morgan fingerprint density at radius 3 is 2.75 bits per heavy atom. The standard InChI is InChI=1S/C17H18N4O2S/c1-2-10-18-15(22)12-24-17-20-19-16(14-9-6-11-23-14)21(17)13-7-4-3-5-8-13/h3-9,11H,2,10,12H2,1H3,(H,18,22). The highest BCUT2D eigenvalue weighted by atomic mass is 32.2. The minimum absolute atomic E-state index is 0.0102. The third-order valence-electron chi connectivity index (χ3n) is 3.29. The number of nitrogens with one attached hydrogen (secondary N) is 1. The first-order valence-corrected chi connectivity index (χ1v) is 8.72. The summed E-state index contributed by atoms with van der Waals surface area (Å²) in [6.45, 7) is 2.71. The first-order valence-electron chi connectivity index (χ1n) is 7.74. The van der Waals surface area contributed by atoms with E-state index < -0.39 is 0 Å². The van der Waals surface area contributed by atoms with Crippen molar-refractivity contribution in [3.8, 4) is 17.3 Å². The van der Waals surface area contributed by atoms with E-state index >= 15 is 0 Å². The van der Waals surface area contributed by atoms with Crippen LogP contribution in [0.15, 0.2) is 58.3 Å². The van der Waals surface area contributed by atoms with Crippen LogP contribution in [0.25, 0.3) is 17.3 Å².